The fourth-order valence-corrected chi connectivity index (χ4v) is 3.10. The molecule has 30 heavy (non-hydrogen) atoms. The number of hydrogen-bond acceptors (Lipinski definition) is 4. The van der Waals surface area contributed by atoms with Crippen LogP contribution in [0.1, 0.15) is 11.3 Å². The van der Waals surface area contributed by atoms with Crippen LogP contribution in [0.25, 0.3) is 0 Å². The van der Waals surface area contributed by atoms with E-state index in [1.165, 1.54) is 33.5 Å². The zero-order valence-corrected chi connectivity index (χ0v) is 17.1. The quantitative estimate of drug-likeness (QED) is 0.585. The van der Waals surface area contributed by atoms with Crippen LogP contribution in [0, 0.1) is 5.82 Å². The molecule has 3 aromatic rings. The number of carbonyl (C=O) groups is 1. The molecule has 3 rings (SSSR count). The summed E-state index contributed by atoms with van der Waals surface area (Å²) < 4.78 is 31.2. The van der Waals surface area contributed by atoms with E-state index in [2.05, 4.69) is 10.6 Å². The second-order valence-electron chi connectivity index (χ2n) is 6.48. The van der Waals surface area contributed by atoms with Gasteiger partial charge >= 0.3 is 6.03 Å². The number of amides is 2. The highest BCUT2D eigenvalue weighted by atomic mass is 19.1. The van der Waals surface area contributed by atoms with E-state index in [1.807, 2.05) is 29.0 Å². The van der Waals surface area contributed by atoms with E-state index in [0.29, 0.717) is 36.0 Å². The van der Waals surface area contributed by atoms with Crippen LogP contribution in [0.3, 0.4) is 0 Å². The molecule has 0 aliphatic carbocycles. The maximum Gasteiger partial charge on any atom is 0.319 e. The van der Waals surface area contributed by atoms with Crippen molar-refractivity contribution in [1.82, 2.24) is 9.88 Å². The number of urea groups is 1. The molecule has 0 spiro atoms. The first-order valence-corrected chi connectivity index (χ1v) is 9.27. The molecule has 0 unspecified atom stereocenters. The SMILES string of the molecule is COc1cc(NC(=O)NCc2cccn2Cc2cccc(F)c2)cc(OC)c1OC. The topological polar surface area (TPSA) is 73.8 Å². The molecule has 0 bridgehead atoms. The minimum Gasteiger partial charge on any atom is -0.493 e. The van der Waals surface area contributed by atoms with E-state index in [0.717, 1.165) is 11.3 Å². The molecule has 1 heterocycles. The van der Waals surface area contributed by atoms with Gasteiger partial charge in [-0.3, -0.25) is 0 Å². The largest absolute Gasteiger partial charge is 0.493 e. The molecule has 2 N–H and O–H groups in total. The van der Waals surface area contributed by atoms with E-state index < -0.39 is 0 Å². The number of nitrogens with one attached hydrogen (secondary N) is 2. The van der Waals surface area contributed by atoms with Crippen molar-refractivity contribution in [3.05, 3.63) is 71.8 Å². The Hall–Kier alpha value is -3.68. The van der Waals surface area contributed by atoms with Crippen LogP contribution in [-0.4, -0.2) is 31.9 Å². The third-order valence-corrected chi connectivity index (χ3v) is 4.52. The maximum atomic E-state index is 13.4. The lowest BCUT2D eigenvalue weighted by molar-refractivity contribution is 0.251. The van der Waals surface area contributed by atoms with Crippen LogP contribution < -0.4 is 24.8 Å². The summed E-state index contributed by atoms with van der Waals surface area (Å²) in [4.78, 5) is 12.4. The van der Waals surface area contributed by atoms with Gasteiger partial charge < -0.3 is 29.4 Å². The number of methoxy groups -OCH3 is 3. The predicted molar refractivity (Wildman–Crippen MR) is 112 cm³/mol. The summed E-state index contributed by atoms with van der Waals surface area (Å²) in [5, 5.41) is 5.57. The monoisotopic (exact) mass is 413 g/mol. The third kappa shape index (κ3) is 5.02. The number of carbonyl (C=O) groups excluding carboxylic acids is 1. The summed E-state index contributed by atoms with van der Waals surface area (Å²) in [6.07, 6.45) is 1.89. The number of nitrogens with zero attached hydrogens (tertiary/aromatic N) is 1. The molecule has 8 heteroatoms. The van der Waals surface area contributed by atoms with Crippen molar-refractivity contribution in [2.45, 2.75) is 13.1 Å². The van der Waals surface area contributed by atoms with E-state index in [1.54, 1.807) is 18.2 Å². The Bertz CT molecular complexity index is 994. The van der Waals surface area contributed by atoms with Crippen LogP contribution in [0.15, 0.2) is 54.7 Å². The average molecular weight is 413 g/mol. The van der Waals surface area contributed by atoms with Crippen LogP contribution >= 0.6 is 0 Å². The van der Waals surface area contributed by atoms with Crippen molar-refractivity contribution in [2.75, 3.05) is 26.6 Å². The van der Waals surface area contributed by atoms with Crippen LogP contribution in [0.5, 0.6) is 17.2 Å². The molecule has 0 aliphatic heterocycles. The van der Waals surface area contributed by atoms with Crippen LogP contribution in [-0.2, 0) is 13.1 Å². The second kappa shape index (κ2) is 9.69. The molecule has 2 aromatic carbocycles. The molecule has 1 aromatic heterocycles. The first kappa shape index (κ1) is 21.0. The van der Waals surface area contributed by atoms with Crippen molar-refractivity contribution in [3.63, 3.8) is 0 Å². The maximum absolute atomic E-state index is 13.4. The fraction of sp³-hybridized carbons (Fsp3) is 0.227. The van der Waals surface area contributed by atoms with Crippen LogP contribution in [0.4, 0.5) is 14.9 Å². The summed E-state index contributed by atoms with van der Waals surface area (Å²) in [5.41, 5.74) is 2.23. The number of ether oxygens (including phenoxy) is 3. The Kier molecular flexibility index (Phi) is 6.79. The van der Waals surface area contributed by atoms with Gasteiger partial charge in [-0.15, -0.1) is 0 Å². The zero-order valence-electron chi connectivity index (χ0n) is 17.1. The van der Waals surface area contributed by atoms with Gasteiger partial charge in [0.15, 0.2) is 11.5 Å². The van der Waals surface area contributed by atoms with Gasteiger partial charge in [-0.2, -0.15) is 0 Å². The van der Waals surface area contributed by atoms with E-state index in [-0.39, 0.29) is 11.8 Å². The Morgan fingerprint density at radius 1 is 1.00 bits per heavy atom. The smallest absolute Gasteiger partial charge is 0.319 e. The van der Waals surface area contributed by atoms with Gasteiger partial charge in [0, 0.05) is 30.6 Å². The van der Waals surface area contributed by atoms with E-state index in [4.69, 9.17) is 14.2 Å². The number of halogens is 1. The lowest BCUT2D eigenvalue weighted by Gasteiger charge is -2.15. The van der Waals surface area contributed by atoms with Crippen LogP contribution in [0.2, 0.25) is 0 Å². The molecule has 0 saturated carbocycles. The van der Waals surface area contributed by atoms with Crippen molar-refractivity contribution < 1.29 is 23.4 Å². The Morgan fingerprint density at radius 2 is 1.73 bits per heavy atom. The van der Waals surface area contributed by atoms with Gasteiger partial charge in [0.1, 0.15) is 5.82 Å². The molecule has 7 nitrogen and oxygen atoms in total. The minimum absolute atomic E-state index is 0.274. The number of hydrogen-bond donors (Lipinski definition) is 2. The van der Waals surface area contributed by atoms with Gasteiger partial charge in [0.25, 0.3) is 0 Å². The normalized spacial score (nSPS) is 10.4. The molecule has 2 amide bonds. The third-order valence-electron chi connectivity index (χ3n) is 4.52. The first-order valence-electron chi connectivity index (χ1n) is 9.27. The molecule has 0 aliphatic rings. The van der Waals surface area contributed by atoms with Crippen molar-refractivity contribution >= 4 is 11.7 Å². The number of benzene rings is 2. The van der Waals surface area contributed by atoms with Gasteiger partial charge in [-0.25, -0.2) is 9.18 Å². The van der Waals surface area contributed by atoms with Gasteiger partial charge in [-0.1, -0.05) is 12.1 Å². The molecule has 0 atom stereocenters. The fourth-order valence-electron chi connectivity index (χ4n) is 3.10. The average Bonchev–Trinajstić information content (AvgIpc) is 3.18. The van der Waals surface area contributed by atoms with E-state index in [9.17, 15) is 9.18 Å². The summed E-state index contributed by atoms with van der Waals surface area (Å²) in [6, 6.07) is 13.1. The Balaban J connectivity index is 1.64. The molecular formula is C22H24FN3O4. The van der Waals surface area contributed by atoms with Crippen molar-refractivity contribution in [1.29, 1.82) is 0 Å². The van der Waals surface area contributed by atoms with Gasteiger partial charge in [-0.05, 0) is 29.8 Å². The lowest BCUT2D eigenvalue weighted by atomic mass is 10.2. The summed E-state index contributed by atoms with van der Waals surface area (Å²) in [7, 11) is 4.53. The highest BCUT2D eigenvalue weighted by Crippen LogP contribution is 2.39. The molecule has 0 saturated heterocycles. The summed E-state index contributed by atoms with van der Waals surface area (Å²) in [5.74, 6) is 1.05. The molecule has 158 valence electrons. The Morgan fingerprint density at radius 3 is 2.37 bits per heavy atom. The highest BCUT2D eigenvalue weighted by Gasteiger charge is 2.14. The van der Waals surface area contributed by atoms with Crippen molar-refractivity contribution in [2.24, 2.45) is 0 Å². The predicted octanol–water partition coefficient (Wildman–Crippen LogP) is 4.02. The molecular weight excluding hydrogens is 389 g/mol. The minimum atomic E-state index is -0.386. The van der Waals surface area contributed by atoms with Gasteiger partial charge in [0.05, 0.1) is 33.6 Å². The lowest BCUT2D eigenvalue weighted by Crippen LogP contribution is -2.29. The molecule has 0 fully saturated rings. The Labute approximate surface area is 174 Å². The zero-order chi connectivity index (χ0) is 21.5. The number of anilines is 1. The summed E-state index contributed by atoms with van der Waals surface area (Å²) in [6.45, 7) is 0.814. The van der Waals surface area contributed by atoms with Crippen molar-refractivity contribution in [3.8, 4) is 17.2 Å². The number of aromatic nitrogens is 1. The van der Waals surface area contributed by atoms with Gasteiger partial charge in [0.2, 0.25) is 5.75 Å². The standard InChI is InChI=1S/C22H24FN3O4/c1-28-19-11-17(12-20(29-2)21(19)30-3)25-22(27)24-13-18-8-5-9-26(18)14-15-6-4-7-16(23)10-15/h4-12H,13-14H2,1-3H3,(H2,24,25,27). The van der Waals surface area contributed by atoms with E-state index >= 15 is 0 Å². The molecule has 0 radical (unpaired) electrons. The second-order valence-corrected chi connectivity index (χ2v) is 6.48. The summed E-state index contributed by atoms with van der Waals surface area (Å²) >= 11 is 0. The number of rotatable bonds is 8. The first-order chi connectivity index (χ1) is 14.5. The highest BCUT2D eigenvalue weighted by molar-refractivity contribution is 5.90.